The second kappa shape index (κ2) is 6.54. The summed E-state index contributed by atoms with van der Waals surface area (Å²) in [7, 11) is -2.21. The van der Waals surface area contributed by atoms with E-state index in [1.54, 1.807) is 24.3 Å². The minimum absolute atomic E-state index is 0.194. The third kappa shape index (κ3) is 4.14. The molecule has 4 nitrogen and oxygen atoms in total. The van der Waals surface area contributed by atoms with E-state index >= 15 is 0 Å². The molecule has 5 heteroatoms. The fourth-order valence-electron chi connectivity index (χ4n) is 1.41. The predicted octanol–water partition coefficient (Wildman–Crippen LogP) is 2.92. The first-order valence-corrected chi connectivity index (χ1v) is 7.38. The molecule has 0 radical (unpaired) electrons. The van der Waals surface area contributed by atoms with Crippen LogP contribution in [0.5, 0.6) is 0 Å². The van der Waals surface area contributed by atoms with Crippen molar-refractivity contribution in [3.63, 3.8) is 0 Å². The minimum Gasteiger partial charge on any atom is -0.484 e. The van der Waals surface area contributed by atoms with Crippen LogP contribution >= 0.6 is 0 Å². The van der Waals surface area contributed by atoms with E-state index in [1.165, 1.54) is 7.11 Å². The molecule has 1 aromatic rings. The zero-order valence-electron chi connectivity index (χ0n) is 11.0. The monoisotopic (exact) mass is 269 g/mol. The zero-order chi connectivity index (χ0) is 13.6. The molecule has 0 bridgehead atoms. The summed E-state index contributed by atoms with van der Waals surface area (Å²) in [6.07, 6.45) is 2.36. The Hall–Kier alpha value is -1.36. The van der Waals surface area contributed by atoms with Gasteiger partial charge >= 0.3 is 0 Å². The maximum atomic E-state index is 12.0. The molecule has 0 aliphatic heterocycles. The molecule has 1 rings (SSSR count). The first-order chi connectivity index (χ1) is 8.49. The van der Waals surface area contributed by atoms with Gasteiger partial charge in [-0.05, 0) is 25.5 Å². The summed E-state index contributed by atoms with van der Waals surface area (Å²) in [5.41, 5.74) is 1.01. The van der Waals surface area contributed by atoms with Gasteiger partial charge in [0.15, 0.2) is 5.90 Å². The van der Waals surface area contributed by atoms with Crippen LogP contribution in [0.3, 0.4) is 0 Å². The average molecular weight is 269 g/mol. The highest BCUT2D eigenvalue weighted by atomic mass is 32.2. The fraction of sp³-hybridized carbons (Fsp3) is 0.462. The van der Waals surface area contributed by atoms with Gasteiger partial charge < -0.3 is 4.74 Å². The lowest BCUT2D eigenvalue weighted by Crippen LogP contribution is -2.07. The summed E-state index contributed by atoms with van der Waals surface area (Å²) in [6.45, 7) is 3.93. The summed E-state index contributed by atoms with van der Waals surface area (Å²) in [5.74, 6) is 0.262. The highest BCUT2D eigenvalue weighted by Gasteiger charge is 2.14. The van der Waals surface area contributed by atoms with Gasteiger partial charge in [0.1, 0.15) is 0 Å². The zero-order valence-corrected chi connectivity index (χ0v) is 11.8. The Kier molecular flexibility index (Phi) is 5.34. The quantitative estimate of drug-likeness (QED) is 0.610. The maximum Gasteiger partial charge on any atom is 0.285 e. The van der Waals surface area contributed by atoms with E-state index in [-0.39, 0.29) is 10.8 Å². The van der Waals surface area contributed by atoms with E-state index < -0.39 is 10.0 Å². The van der Waals surface area contributed by atoms with E-state index in [1.807, 2.05) is 13.8 Å². The van der Waals surface area contributed by atoms with E-state index in [0.29, 0.717) is 6.42 Å². The topological polar surface area (TPSA) is 55.7 Å². The molecule has 0 aromatic heterocycles. The Balaban J connectivity index is 2.98. The van der Waals surface area contributed by atoms with Gasteiger partial charge in [-0.15, -0.1) is 4.40 Å². The van der Waals surface area contributed by atoms with Crippen molar-refractivity contribution in [2.24, 2.45) is 4.40 Å². The maximum absolute atomic E-state index is 12.0. The van der Waals surface area contributed by atoms with Crippen molar-refractivity contribution in [3.05, 3.63) is 29.8 Å². The Labute approximate surface area is 109 Å². The molecule has 0 heterocycles. The molecule has 0 saturated carbocycles. The SMILES string of the molecule is CCCC/C(=N/S(=O)(=O)c1ccc(C)cc1)OC. The number of sulfonamides is 1. The Morgan fingerprint density at radius 1 is 1.28 bits per heavy atom. The number of ether oxygens (including phenoxy) is 1. The first kappa shape index (κ1) is 14.7. The number of methoxy groups -OCH3 is 1. The lowest BCUT2D eigenvalue weighted by atomic mass is 10.2. The van der Waals surface area contributed by atoms with E-state index in [9.17, 15) is 8.42 Å². The average Bonchev–Trinajstić information content (AvgIpc) is 2.35. The summed E-state index contributed by atoms with van der Waals surface area (Å²) in [5, 5.41) is 0. The molecule has 0 fully saturated rings. The van der Waals surface area contributed by atoms with Crippen LogP contribution < -0.4 is 0 Å². The van der Waals surface area contributed by atoms with Gasteiger partial charge in [0.05, 0.1) is 12.0 Å². The van der Waals surface area contributed by atoms with Crippen molar-refractivity contribution in [1.29, 1.82) is 0 Å². The summed E-state index contributed by atoms with van der Waals surface area (Å²) >= 11 is 0. The first-order valence-electron chi connectivity index (χ1n) is 5.94. The smallest absolute Gasteiger partial charge is 0.285 e. The van der Waals surface area contributed by atoms with Crippen LogP contribution in [-0.4, -0.2) is 21.4 Å². The number of nitrogens with zero attached hydrogens (tertiary/aromatic N) is 1. The largest absolute Gasteiger partial charge is 0.484 e. The van der Waals surface area contributed by atoms with Crippen LogP contribution in [0.4, 0.5) is 0 Å². The summed E-state index contributed by atoms with van der Waals surface area (Å²) < 4.78 is 32.8. The summed E-state index contributed by atoms with van der Waals surface area (Å²) in [4.78, 5) is 0.194. The van der Waals surface area contributed by atoms with Crippen molar-refractivity contribution in [2.75, 3.05) is 7.11 Å². The molecule has 18 heavy (non-hydrogen) atoms. The molecule has 0 unspecified atom stereocenters. The number of rotatable bonds is 5. The molecule has 0 aliphatic carbocycles. The van der Waals surface area contributed by atoms with Crippen molar-refractivity contribution in [3.8, 4) is 0 Å². The molecule has 0 amide bonds. The Bertz CT molecular complexity index is 504. The highest BCUT2D eigenvalue weighted by Crippen LogP contribution is 2.14. The number of aryl methyl sites for hydroxylation is 1. The molecule has 0 atom stereocenters. The molecule has 0 saturated heterocycles. The molecule has 0 spiro atoms. The van der Waals surface area contributed by atoms with Gasteiger partial charge in [-0.1, -0.05) is 31.0 Å². The van der Waals surface area contributed by atoms with Crippen molar-refractivity contribution in [1.82, 2.24) is 0 Å². The normalized spacial score (nSPS) is 12.5. The van der Waals surface area contributed by atoms with Crippen molar-refractivity contribution >= 4 is 15.9 Å². The van der Waals surface area contributed by atoms with Crippen LogP contribution in [0.2, 0.25) is 0 Å². The molecule has 100 valence electrons. The predicted molar refractivity (Wildman–Crippen MR) is 72.3 cm³/mol. The van der Waals surface area contributed by atoms with Gasteiger partial charge in [-0.25, -0.2) is 0 Å². The van der Waals surface area contributed by atoms with Crippen LogP contribution in [-0.2, 0) is 14.8 Å². The van der Waals surface area contributed by atoms with E-state index in [0.717, 1.165) is 18.4 Å². The molecule has 1 aromatic carbocycles. The standard InChI is InChI=1S/C13H19NO3S/c1-4-5-6-13(17-3)14-18(15,16)12-9-7-11(2)8-10-12/h7-10H,4-6H2,1-3H3/b14-13-. The molecule has 0 aliphatic rings. The minimum atomic E-state index is -3.66. The van der Waals surface area contributed by atoms with E-state index in [4.69, 9.17) is 4.74 Å². The summed E-state index contributed by atoms with van der Waals surface area (Å²) in [6, 6.07) is 6.62. The third-order valence-electron chi connectivity index (χ3n) is 2.52. The lowest BCUT2D eigenvalue weighted by molar-refractivity contribution is 0.389. The number of hydrogen-bond acceptors (Lipinski definition) is 3. The van der Waals surface area contributed by atoms with Crippen LogP contribution in [0.1, 0.15) is 31.7 Å². The number of hydrogen-bond donors (Lipinski definition) is 0. The van der Waals surface area contributed by atoms with Gasteiger partial charge in [-0.2, -0.15) is 8.42 Å². The van der Waals surface area contributed by atoms with Gasteiger partial charge in [0.2, 0.25) is 0 Å². The second-order valence-corrected chi connectivity index (χ2v) is 5.68. The van der Waals surface area contributed by atoms with Gasteiger partial charge in [-0.3, -0.25) is 0 Å². The van der Waals surface area contributed by atoms with Crippen molar-refractivity contribution in [2.45, 2.75) is 38.0 Å². The molecular formula is C13H19NO3S. The lowest BCUT2D eigenvalue weighted by Gasteiger charge is -2.05. The van der Waals surface area contributed by atoms with E-state index in [2.05, 4.69) is 4.40 Å². The molecule has 0 N–H and O–H groups in total. The van der Waals surface area contributed by atoms with Gasteiger partial charge in [0, 0.05) is 6.42 Å². The Morgan fingerprint density at radius 3 is 2.39 bits per heavy atom. The second-order valence-electron chi connectivity index (χ2n) is 4.08. The molecular weight excluding hydrogens is 250 g/mol. The van der Waals surface area contributed by atoms with Crippen LogP contribution in [0.25, 0.3) is 0 Å². The number of benzene rings is 1. The fourth-order valence-corrected chi connectivity index (χ4v) is 2.43. The van der Waals surface area contributed by atoms with Crippen LogP contribution in [0, 0.1) is 6.92 Å². The Morgan fingerprint density at radius 2 is 1.89 bits per heavy atom. The van der Waals surface area contributed by atoms with Crippen LogP contribution in [0.15, 0.2) is 33.6 Å². The van der Waals surface area contributed by atoms with Crippen molar-refractivity contribution < 1.29 is 13.2 Å². The van der Waals surface area contributed by atoms with Gasteiger partial charge in [0.25, 0.3) is 10.0 Å². The third-order valence-corrected chi connectivity index (χ3v) is 3.83. The highest BCUT2D eigenvalue weighted by molar-refractivity contribution is 7.90. The number of unbranched alkanes of at least 4 members (excludes halogenated alkanes) is 1.